The molecule has 3 heterocycles. The van der Waals surface area contributed by atoms with Gasteiger partial charge in [0.15, 0.2) is 16.2 Å². The third-order valence-corrected chi connectivity index (χ3v) is 5.53. The van der Waals surface area contributed by atoms with E-state index >= 15 is 0 Å². The van der Waals surface area contributed by atoms with Crippen molar-refractivity contribution in [3.8, 4) is 11.5 Å². The van der Waals surface area contributed by atoms with Crippen LogP contribution in [-0.4, -0.2) is 41.8 Å². The lowest BCUT2D eigenvalue weighted by Crippen LogP contribution is -2.36. The molecule has 0 unspecified atom stereocenters. The summed E-state index contributed by atoms with van der Waals surface area (Å²) in [5.41, 5.74) is 0.729. The van der Waals surface area contributed by atoms with Crippen LogP contribution in [0.5, 0.6) is 11.5 Å². The molecule has 2 aliphatic heterocycles. The Balaban J connectivity index is 1.32. The molecule has 1 aromatic carbocycles. The average Bonchev–Trinajstić information content (AvgIpc) is 3.42. The number of hydrogen-bond donors (Lipinski definition) is 1. The molecule has 0 saturated carbocycles. The van der Waals surface area contributed by atoms with Gasteiger partial charge in [-0.25, -0.2) is 0 Å². The van der Waals surface area contributed by atoms with Crippen LogP contribution in [0.3, 0.4) is 0 Å². The van der Waals surface area contributed by atoms with Crippen LogP contribution in [0.1, 0.15) is 11.3 Å². The number of carbonyl (C=O) groups is 3. The van der Waals surface area contributed by atoms with Gasteiger partial charge in [0, 0.05) is 19.2 Å². The third kappa shape index (κ3) is 4.60. The number of imide groups is 1. The molecule has 0 bridgehead atoms. The van der Waals surface area contributed by atoms with Crippen LogP contribution < -0.4 is 14.8 Å². The van der Waals surface area contributed by atoms with Crippen molar-refractivity contribution in [2.24, 2.45) is 0 Å². The summed E-state index contributed by atoms with van der Waals surface area (Å²) < 4.78 is 16.4. The minimum absolute atomic E-state index is 0.0784. The lowest BCUT2D eigenvalue weighted by Gasteiger charge is -2.12. The maximum atomic E-state index is 12.6. The number of amides is 3. The summed E-state index contributed by atoms with van der Waals surface area (Å²) in [6, 6.07) is 8.71. The van der Waals surface area contributed by atoms with E-state index in [4.69, 9.17) is 13.9 Å². The van der Waals surface area contributed by atoms with Gasteiger partial charge in [-0.2, -0.15) is 0 Å². The van der Waals surface area contributed by atoms with E-state index in [1.165, 1.54) is 12.2 Å². The fraction of sp³-hybridized carbons (Fsp3) is 0.150. The number of ether oxygens (including phenoxy) is 2. The van der Waals surface area contributed by atoms with E-state index < -0.39 is 5.91 Å². The maximum absolute atomic E-state index is 12.6. The van der Waals surface area contributed by atoms with Crippen molar-refractivity contribution in [1.82, 2.24) is 10.2 Å². The Morgan fingerprint density at radius 3 is 2.83 bits per heavy atom. The Bertz CT molecular complexity index is 1080. The van der Waals surface area contributed by atoms with Crippen LogP contribution in [0.15, 0.2) is 50.4 Å². The number of thioether (sulfide) groups is 1. The van der Waals surface area contributed by atoms with Crippen molar-refractivity contribution in [2.45, 2.75) is 0 Å². The molecule has 1 N–H and O–H groups in total. The molecule has 0 aliphatic carbocycles. The van der Waals surface area contributed by atoms with Gasteiger partial charge in [0.05, 0.1) is 4.91 Å². The first-order valence-electron chi connectivity index (χ1n) is 8.86. The van der Waals surface area contributed by atoms with E-state index in [2.05, 4.69) is 21.2 Å². The average molecular weight is 491 g/mol. The molecule has 2 aliphatic rings. The Hall–Kier alpha value is -2.98. The molecule has 154 valence electrons. The van der Waals surface area contributed by atoms with Crippen molar-refractivity contribution in [3.63, 3.8) is 0 Å². The molecule has 8 nitrogen and oxygen atoms in total. The number of rotatable bonds is 6. The van der Waals surface area contributed by atoms with E-state index in [1.807, 2.05) is 0 Å². The highest BCUT2D eigenvalue weighted by molar-refractivity contribution is 9.10. The molecule has 3 amide bonds. The Morgan fingerprint density at radius 2 is 2.03 bits per heavy atom. The van der Waals surface area contributed by atoms with Gasteiger partial charge in [-0.1, -0.05) is 6.07 Å². The highest BCUT2D eigenvalue weighted by Gasteiger charge is 2.34. The van der Waals surface area contributed by atoms with Crippen molar-refractivity contribution in [3.05, 3.63) is 57.3 Å². The summed E-state index contributed by atoms with van der Waals surface area (Å²) in [5, 5.41) is 2.26. The number of furan rings is 1. The highest BCUT2D eigenvalue weighted by atomic mass is 79.9. The van der Waals surface area contributed by atoms with Crippen LogP contribution in [0.25, 0.3) is 12.2 Å². The van der Waals surface area contributed by atoms with Crippen LogP contribution in [0, 0.1) is 0 Å². The van der Waals surface area contributed by atoms with E-state index in [-0.39, 0.29) is 31.0 Å². The number of nitrogens with one attached hydrogen (secondary N) is 1. The van der Waals surface area contributed by atoms with E-state index in [1.54, 1.807) is 36.4 Å². The third-order valence-electron chi connectivity index (χ3n) is 4.20. The largest absolute Gasteiger partial charge is 0.454 e. The lowest BCUT2D eigenvalue weighted by atomic mass is 10.2. The zero-order chi connectivity index (χ0) is 21.1. The molecule has 4 rings (SSSR count). The molecular formula is C20H15BrN2O6S. The molecule has 0 radical (unpaired) electrons. The minimum Gasteiger partial charge on any atom is -0.454 e. The Morgan fingerprint density at radius 1 is 1.20 bits per heavy atom. The first kappa shape index (κ1) is 20.3. The zero-order valence-corrected chi connectivity index (χ0v) is 17.8. The van der Waals surface area contributed by atoms with E-state index in [0.29, 0.717) is 26.8 Å². The second-order valence-corrected chi connectivity index (χ2v) is 7.99. The number of fused-ring (bicyclic) bond motifs is 1. The summed E-state index contributed by atoms with van der Waals surface area (Å²) in [5.74, 6) is 1.01. The topological polar surface area (TPSA) is 98.1 Å². The fourth-order valence-corrected chi connectivity index (χ4v) is 3.96. The summed E-state index contributed by atoms with van der Waals surface area (Å²) in [6.45, 7) is 0.380. The fourth-order valence-electron chi connectivity index (χ4n) is 2.77. The normalized spacial score (nSPS) is 16.8. The summed E-state index contributed by atoms with van der Waals surface area (Å²) in [7, 11) is 0. The number of carbonyl (C=O) groups excluding carboxylic acids is 3. The number of hydrogen-bond acceptors (Lipinski definition) is 7. The standard InChI is InChI=1S/C20H15BrN2O6S/c21-17-5-2-13(29-17)3-6-18(24)22-7-8-23-19(25)16(30-20(23)26)10-12-1-4-14-15(9-12)28-11-27-14/h1-6,9-10H,7-8,11H2,(H,22,24)/b6-3+,16-10-. The minimum atomic E-state index is -0.395. The Labute approximate surface area is 184 Å². The van der Waals surface area contributed by atoms with Crippen LogP contribution in [0.2, 0.25) is 0 Å². The number of benzene rings is 1. The van der Waals surface area contributed by atoms with E-state index in [0.717, 1.165) is 22.2 Å². The first-order chi connectivity index (χ1) is 14.5. The second kappa shape index (κ2) is 8.80. The van der Waals surface area contributed by atoms with Crippen molar-refractivity contribution in [1.29, 1.82) is 0 Å². The zero-order valence-electron chi connectivity index (χ0n) is 15.4. The maximum Gasteiger partial charge on any atom is 0.293 e. The molecule has 30 heavy (non-hydrogen) atoms. The molecular weight excluding hydrogens is 476 g/mol. The molecule has 1 saturated heterocycles. The highest BCUT2D eigenvalue weighted by Crippen LogP contribution is 2.36. The number of halogens is 1. The van der Waals surface area contributed by atoms with Crippen molar-refractivity contribution >= 4 is 56.9 Å². The van der Waals surface area contributed by atoms with Crippen molar-refractivity contribution in [2.75, 3.05) is 19.9 Å². The SMILES string of the molecule is O=C(/C=C/c1ccc(Br)o1)NCCN1C(=O)S/C(=C\c2ccc3c(c2)OCO3)C1=O. The van der Waals surface area contributed by atoms with Crippen LogP contribution >= 0.6 is 27.7 Å². The van der Waals surface area contributed by atoms with Gasteiger partial charge in [0.1, 0.15) is 5.76 Å². The number of nitrogens with zero attached hydrogens (tertiary/aromatic N) is 1. The quantitative estimate of drug-likeness (QED) is 0.617. The summed E-state index contributed by atoms with van der Waals surface area (Å²) >= 11 is 4.04. The second-order valence-electron chi connectivity index (χ2n) is 6.21. The van der Waals surface area contributed by atoms with Gasteiger partial charge in [0.2, 0.25) is 12.7 Å². The smallest absolute Gasteiger partial charge is 0.293 e. The summed E-state index contributed by atoms with van der Waals surface area (Å²) in [6.07, 6.45) is 4.47. The van der Waals surface area contributed by atoms with Gasteiger partial charge in [-0.05, 0) is 69.7 Å². The first-order valence-corrected chi connectivity index (χ1v) is 10.5. The molecule has 10 heteroatoms. The molecule has 1 fully saturated rings. The van der Waals surface area contributed by atoms with Gasteiger partial charge in [-0.15, -0.1) is 0 Å². The molecule has 1 aromatic heterocycles. The predicted octanol–water partition coefficient (Wildman–Crippen LogP) is 3.64. The van der Waals surface area contributed by atoms with Gasteiger partial charge < -0.3 is 19.2 Å². The van der Waals surface area contributed by atoms with Gasteiger partial charge in [0.25, 0.3) is 11.1 Å². The Kier molecular flexibility index (Phi) is 5.96. The molecule has 2 aromatic rings. The molecule has 0 atom stereocenters. The monoisotopic (exact) mass is 490 g/mol. The predicted molar refractivity (Wildman–Crippen MR) is 114 cm³/mol. The van der Waals surface area contributed by atoms with Gasteiger partial charge in [-0.3, -0.25) is 19.3 Å². The van der Waals surface area contributed by atoms with E-state index in [9.17, 15) is 14.4 Å². The summed E-state index contributed by atoms with van der Waals surface area (Å²) in [4.78, 5) is 38.1. The van der Waals surface area contributed by atoms with Gasteiger partial charge >= 0.3 is 0 Å². The lowest BCUT2D eigenvalue weighted by molar-refractivity contribution is -0.123. The van der Waals surface area contributed by atoms with Crippen LogP contribution in [-0.2, 0) is 9.59 Å². The molecule has 0 spiro atoms. The van der Waals surface area contributed by atoms with Crippen molar-refractivity contribution < 1.29 is 28.3 Å². The van der Waals surface area contributed by atoms with Crippen LogP contribution in [0.4, 0.5) is 4.79 Å².